The lowest BCUT2D eigenvalue weighted by molar-refractivity contribution is -0.136. The Morgan fingerprint density at radius 3 is 2.78 bits per heavy atom. The smallest absolute Gasteiger partial charge is 0.225 e. The van der Waals surface area contributed by atoms with Crippen LogP contribution in [0.1, 0.15) is 32.8 Å². The Morgan fingerprint density at radius 1 is 1.48 bits per heavy atom. The van der Waals surface area contributed by atoms with E-state index in [-0.39, 0.29) is 23.4 Å². The molecule has 0 unspecified atom stereocenters. The Bertz CT molecular complexity index is 548. The van der Waals surface area contributed by atoms with Gasteiger partial charge in [-0.2, -0.15) is 0 Å². The maximum absolute atomic E-state index is 13.7. The molecule has 23 heavy (non-hydrogen) atoms. The Morgan fingerprint density at radius 2 is 2.22 bits per heavy atom. The largest absolute Gasteiger partial charge is 0.494 e. The topological polar surface area (TPSA) is 41.6 Å². The number of piperidine rings is 1. The first-order valence-electron chi connectivity index (χ1n) is 8.27. The molecule has 1 saturated heterocycles. The minimum absolute atomic E-state index is 0.0500. The van der Waals surface area contributed by atoms with Crippen LogP contribution in [0.3, 0.4) is 0 Å². The molecule has 0 radical (unpaired) electrons. The zero-order chi connectivity index (χ0) is 17.0. The monoisotopic (exact) mass is 322 g/mol. The first kappa shape index (κ1) is 17.7. The molecular weight excluding hydrogens is 295 g/mol. The van der Waals surface area contributed by atoms with E-state index in [1.165, 1.54) is 13.2 Å². The van der Waals surface area contributed by atoms with Gasteiger partial charge in [0.05, 0.1) is 7.11 Å². The molecule has 128 valence electrons. The van der Waals surface area contributed by atoms with Gasteiger partial charge in [0, 0.05) is 31.6 Å². The summed E-state index contributed by atoms with van der Waals surface area (Å²) in [5, 5.41) is 3.50. The molecular formula is C18H27FN2O2. The third-order valence-corrected chi connectivity index (χ3v) is 4.50. The van der Waals surface area contributed by atoms with Crippen molar-refractivity contribution in [3.8, 4) is 5.75 Å². The summed E-state index contributed by atoms with van der Waals surface area (Å²) in [5.74, 6) is 0.593. The van der Waals surface area contributed by atoms with E-state index in [1.807, 2.05) is 24.8 Å². The van der Waals surface area contributed by atoms with E-state index < -0.39 is 0 Å². The molecule has 0 saturated carbocycles. The summed E-state index contributed by atoms with van der Waals surface area (Å²) in [6, 6.07) is 5.38. The first-order valence-corrected chi connectivity index (χ1v) is 8.27. The van der Waals surface area contributed by atoms with Crippen LogP contribution in [0.25, 0.3) is 0 Å². The number of benzene rings is 1. The lowest BCUT2D eigenvalue weighted by Gasteiger charge is -2.38. The van der Waals surface area contributed by atoms with E-state index in [2.05, 4.69) is 12.2 Å². The molecule has 1 amide bonds. The molecule has 1 aromatic carbocycles. The summed E-state index contributed by atoms with van der Waals surface area (Å²) >= 11 is 0. The van der Waals surface area contributed by atoms with Crippen LogP contribution in [0.5, 0.6) is 5.75 Å². The van der Waals surface area contributed by atoms with Gasteiger partial charge in [-0.05, 0) is 30.0 Å². The number of hydrogen-bond acceptors (Lipinski definition) is 3. The lowest BCUT2D eigenvalue weighted by atomic mass is 9.93. The van der Waals surface area contributed by atoms with Gasteiger partial charge in [0.2, 0.25) is 5.91 Å². The van der Waals surface area contributed by atoms with Crippen molar-refractivity contribution in [3.63, 3.8) is 0 Å². The van der Waals surface area contributed by atoms with E-state index in [4.69, 9.17) is 4.74 Å². The molecule has 4 nitrogen and oxygen atoms in total. The lowest BCUT2D eigenvalue weighted by Crippen LogP contribution is -2.50. The molecule has 2 atom stereocenters. The molecule has 0 spiro atoms. The highest BCUT2D eigenvalue weighted by atomic mass is 19.1. The van der Waals surface area contributed by atoms with Crippen LogP contribution in [-0.2, 0) is 11.3 Å². The second-order valence-electron chi connectivity index (χ2n) is 6.66. The first-order chi connectivity index (χ1) is 10.9. The number of nitrogens with zero attached hydrogens (tertiary/aromatic N) is 1. The highest BCUT2D eigenvalue weighted by molar-refractivity contribution is 5.78. The van der Waals surface area contributed by atoms with Crippen molar-refractivity contribution in [1.29, 1.82) is 0 Å². The van der Waals surface area contributed by atoms with Gasteiger partial charge in [-0.3, -0.25) is 4.79 Å². The summed E-state index contributed by atoms with van der Waals surface area (Å²) in [6.45, 7) is 8.23. The number of rotatable bonds is 5. The number of carbonyl (C=O) groups excluding carboxylic acids is 1. The van der Waals surface area contributed by atoms with E-state index >= 15 is 0 Å². The normalized spacial score (nSPS) is 21.6. The Balaban J connectivity index is 1.87. The van der Waals surface area contributed by atoms with Crippen LogP contribution in [0, 0.1) is 17.7 Å². The van der Waals surface area contributed by atoms with Crippen molar-refractivity contribution in [3.05, 3.63) is 29.6 Å². The van der Waals surface area contributed by atoms with Crippen LogP contribution in [0.2, 0.25) is 0 Å². The van der Waals surface area contributed by atoms with Gasteiger partial charge in [0.15, 0.2) is 11.6 Å². The number of halogens is 1. The van der Waals surface area contributed by atoms with Gasteiger partial charge in [-0.25, -0.2) is 4.39 Å². The van der Waals surface area contributed by atoms with Gasteiger partial charge in [-0.15, -0.1) is 0 Å². The fourth-order valence-electron chi connectivity index (χ4n) is 3.08. The quantitative estimate of drug-likeness (QED) is 0.906. The SMILES string of the molecule is COc1ccc(CN[C@H]2CCN(C(=O)C(C)C)C[C@@H]2C)cc1F. The predicted octanol–water partition coefficient (Wildman–Crippen LogP) is 2.82. The van der Waals surface area contributed by atoms with E-state index in [1.54, 1.807) is 6.07 Å². The van der Waals surface area contributed by atoms with Crippen LogP contribution < -0.4 is 10.1 Å². The molecule has 0 aliphatic carbocycles. The van der Waals surface area contributed by atoms with E-state index in [0.29, 0.717) is 18.5 Å². The highest BCUT2D eigenvalue weighted by Gasteiger charge is 2.29. The van der Waals surface area contributed by atoms with Gasteiger partial charge in [0.1, 0.15) is 0 Å². The van der Waals surface area contributed by atoms with E-state index in [0.717, 1.165) is 25.1 Å². The van der Waals surface area contributed by atoms with Gasteiger partial charge >= 0.3 is 0 Å². The van der Waals surface area contributed by atoms with Gasteiger partial charge in [-0.1, -0.05) is 26.8 Å². The van der Waals surface area contributed by atoms with E-state index in [9.17, 15) is 9.18 Å². The molecule has 1 fully saturated rings. The number of carbonyl (C=O) groups is 1. The molecule has 1 aliphatic heterocycles. The molecule has 1 N–H and O–H groups in total. The minimum atomic E-state index is -0.336. The Labute approximate surface area is 138 Å². The van der Waals surface area contributed by atoms with Crippen molar-refractivity contribution < 1.29 is 13.9 Å². The van der Waals surface area contributed by atoms with Gasteiger partial charge in [0.25, 0.3) is 0 Å². The summed E-state index contributed by atoms with van der Waals surface area (Å²) in [7, 11) is 1.46. The number of ether oxygens (including phenoxy) is 1. The minimum Gasteiger partial charge on any atom is -0.494 e. The molecule has 0 aromatic heterocycles. The molecule has 5 heteroatoms. The second kappa shape index (κ2) is 7.77. The Kier molecular flexibility index (Phi) is 5.99. The zero-order valence-electron chi connectivity index (χ0n) is 14.4. The summed E-state index contributed by atoms with van der Waals surface area (Å²) < 4.78 is 18.6. The molecule has 1 heterocycles. The van der Waals surface area contributed by atoms with Crippen LogP contribution in [0.15, 0.2) is 18.2 Å². The number of amides is 1. The second-order valence-corrected chi connectivity index (χ2v) is 6.66. The average molecular weight is 322 g/mol. The number of nitrogens with one attached hydrogen (secondary N) is 1. The predicted molar refractivity (Wildman–Crippen MR) is 88.8 cm³/mol. The molecule has 1 aromatic rings. The molecule has 2 rings (SSSR count). The van der Waals surface area contributed by atoms with Crippen molar-refractivity contribution in [2.75, 3.05) is 20.2 Å². The molecule has 0 bridgehead atoms. The zero-order valence-corrected chi connectivity index (χ0v) is 14.4. The van der Waals surface area contributed by atoms with Crippen LogP contribution in [0.4, 0.5) is 4.39 Å². The number of likely N-dealkylation sites (tertiary alicyclic amines) is 1. The maximum atomic E-state index is 13.7. The number of methoxy groups -OCH3 is 1. The van der Waals surface area contributed by atoms with Crippen molar-refractivity contribution in [2.45, 2.75) is 39.8 Å². The average Bonchev–Trinajstić information content (AvgIpc) is 2.53. The van der Waals surface area contributed by atoms with Crippen molar-refractivity contribution in [1.82, 2.24) is 10.2 Å². The van der Waals surface area contributed by atoms with Crippen LogP contribution >= 0.6 is 0 Å². The fraction of sp³-hybridized carbons (Fsp3) is 0.611. The highest BCUT2D eigenvalue weighted by Crippen LogP contribution is 2.21. The standard InChI is InChI=1S/C18H27FN2O2/c1-12(2)18(22)21-8-7-16(13(3)11-21)20-10-14-5-6-17(23-4)15(19)9-14/h5-6,9,12-13,16,20H,7-8,10-11H2,1-4H3/t13-,16-/m0/s1. The third kappa shape index (κ3) is 4.44. The summed E-state index contributed by atoms with van der Waals surface area (Å²) in [5.41, 5.74) is 0.899. The van der Waals surface area contributed by atoms with Crippen molar-refractivity contribution >= 4 is 5.91 Å². The fourth-order valence-corrected chi connectivity index (χ4v) is 3.08. The van der Waals surface area contributed by atoms with Crippen LogP contribution in [-0.4, -0.2) is 37.0 Å². The Hall–Kier alpha value is -1.62. The summed E-state index contributed by atoms with van der Waals surface area (Å²) in [6.07, 6.45) is 0.929. The summed E-state index contributed by atoms with van der Waals surface area (Å²) in [4.78, 5) is 14.0. The maximum Gasteiger partial charge on any atom is 0.225 e. The van der Waals surface area contributed by atoms with Gasteiger partial charge < -0.3 is 15.0 Å². The van der Waals surface area contributed by atoms with Crippen molar-refractivity contribution in [2.24, 2.45) is 11.8 Å². The third-order valence-electron chi connectivity index (χ3n) is 4.50. The number of hydrogen-bond donors (Lipinski definition) is 1. The molecule has 1 aliphatic rings.